The maximum Gasteiger partial charge on any atom is 0.401 e. The molecule has 1 aliphatic heterocycles. The Labute approximate surface area is 201 Å². The minimum Gasteiger partial charge on any atom is -0.475 e. The molecule has 0 spiro atoms. The molecule has 2 heterocycles. The number of ether oxygens (including phenoxy) is 1. The highest BCUT2D eigenvalue weighted by Gasteiger charge is 2.35. The van der Waals surface area contributed by atoms with Gasteiger partial charge in [0.25, 0.3) is 0 Å². The van der Waals surface area contributed by atoms with E-state index < -0.39 is 34.7 Å². The number of amides is 2. The fraction of sp³-hybridized carbons (Fsp3) is 0.545. The van der Waals surface area contributed by atoms with Gasteiger partial charge < -0.3 is 10.1 Å². The predicted octanol–water partition coefficient (Wildman–Crippen LogP) is 3.05. The SMILES string of the molecule is CN(CC(F)(F)F)[C@@H]1COc2c([S@](N)(=O)=NC(=O)Nc3c4c(cc5c3CCC5)CCC4)cnn2C1. The lowest BCUT2D eigenvalue weighted by molar-refractivity contribution is -0.150. The zero-order valence-electron chi connectivity index (χ0n) is 19.2. The fourth-order valence-corrected chi connectivity index (χ4v) is 6.21. The van der Waals surface area contributed by atoms with Crippen LogP contribution >= 0.6 is 0 Å². The number of halogens is 3. The van der Waals surface area contributed by atoms with Crippen LogP contribution in [-0.4, -0.2) is 57.3 Å². The van der Waals surface area contributed by atoms with Crippen molar-refractivity contribution in [2.24, 2.45) is 9.50 Å². The zero-order valence-corrected chi connectivity index (χ0v) is 20.0. The normalized spacial score (nSPS) is 20.6. The summed E-state index contributed by atoms with van der Waals surface area (Å²) < 4.78 is 62.1. The van der Waals surface area contributed by atoms with Crippen molar-refractivity contribution in [3.63, 3.8) is 0 Å². The first-order valence-corrected chi connectivity index (χ1v) is 13.1. The van der Waals surface area contributed by atoms with Gasteiger partial charge in [-0.2, -0.15) is 18.3 Å². The van der Waals surface area contributed by atoms with Crippen LogP contribution in [0.4, 0.5) is 23.7 Å². The van der Waals surface area contributed by atoms with Crippen molar-refractivity contribution < 1.29 is 26.9 Å². The molecule has 0 fully saturated rings. The molecule has 2 aliphatic carbocycles. The number of benzene rings is 1. The summed E-state index contributed by atoms with van der Waals surface area (Å²) in [6, 6.07) is 0.832. The number of carbonyl (C=O) groups is 1. The molecule has 2 aromatic rings. The molecule has 5 rings (SSSR count). The number of anilines is 1. The second-order valence-corrected chi connectivity index (χ2v) is 11.1. The Morgan fingerprint density at radius 2 is 1.94 bits per heavy atom. The molecule has 3 N–H and O–H groups in total. The molecular formula is C22H27F3N6O3S. The van der Waals surface area contributed by atoms with Gasteiger partial charge in [0.2, 0.25) is 5.88 Å². The fourth-order valence-electron chi connectivity index (χ4n) is 5.21. The number of rotatable bonds is 4. The largest absolute Gasteiger partial charge is 0.475 e. The summed E-state index contributed by atoms with van der Waals surface area (Å²) in [5.41, 5.74) is 5.45. The Morgan fingerprint density at radius 1 is 1.29 bits per heavy atom. The number of hydrogen-bond acceptors (Lipinski definition) is 5. The summed E-state index contributed by atoms with van der Waals surface area (Å²) >= 11 is 0. The third-order valence-electron chi connectivity index (χ3n) is 6.85. The van der Waals surface area contributed by atoms with E-state index in [0.717, 1.165) is 60.2 Å². The van der Waals surface area contributed by atoms with Gasteiger partial charge >= 0.3 is 12.2 Å². The number of likely N-dealkylation sites (N-methyl/N-ethyl adjacent to an activating group) is 1. The monoisotopic (exact) mass is 512 g/mol. The Hall–Kier alpha value is -2.64. The van der Waals surface area contributed by atoms with Crippen molar-refractivity contribution in [3.8, 4) is 5.88 Å². The van der Waals surface area contributed by atoms with Crippen LogP contribution in [0.15, 0.2) is 21.5 Å². The standard InChI is InChI=1S/C22H27F3N6O3S/c1-30(12-22(23,24)25)15-10-31-20(34-11-15)18(9-27-31)35(26,33)29-21(32)28-19-16-6-2-4-13(16)8-14-5-3-7-17(14)19/h8-9,15H,2-7,10-12H2,1H3,(H3,26,28,29,32,33)/t15-,35+/m0/s1. The molecule has 0 unspecified atom stereocenters. The van der Waals surface area contributed by atoms with Gasteiger partial charge in [-0.15, -0.1) is 4.36 Å². The van der Waals surface area contributed by atoms with Crippen molar-refractivity contribution in [3.05, 3.63) is 34.5 Å². The first-order chi connectivity index (χ1) is 16.5. The van der Waals surface area contributed by atoms with Gasteiger partial charge in [-0.1, -0.05) is 6.07 Å². The topological polar surface area (TPSA) is 115 Å². The lowest BCUT2D eigenvalue weighted by Gasteiger charge is -2.32. The second kappa shape index (κ2) is 8.79. The van der Waals surface area contributed by atoms with Gasteiger partial charge in [0.05, 0.1) is 25.3 Å². The van der Waals surface area contributed by atoms with E-state index in [9.17, 15) is 22.2 Å². The minimum absolute atomic E-state index is 0.0483. The average molecular weight is 513 g/mol. The van der Waals surface area contributed by atoms with Gasteiger partial charge in [0, 0.05) is 5.69 Å². The van der Waals surface area contributed by atoms with Gasteiger partial charge in [-0.3, -0.25) is 4.90 Å². The van der Waals surface area contributed by atoms with Crippen LogP contribution in [0.25, 0.3) is 0 Å². The number of aryl methyl sites for hydroxylation is 2. The van der Waals surface area contributed by atoms with E-state index >= 15 is 0 Å². The number of nitrogens with zero attached hydrogens (tertiary/aromatic N) is 4. The number of nitrogens with one attached hydrogen (secondary N) is 1. The van der Waals surface area contributed by atoms with Gasteiger partial charge in [-0.25, -0.2) is 18.8 Å². The lowest BCUT2D eigenvalue weighted by Crippen LogP contribution is -2.46. The summed E-state index contributed by atoms with van der Waals surface area (Å²) in [6.07, 6.45) is 2.55. The molecule has 35 heavy (non-hydrogen) atoms. The molecule has 0 radical (unpaired) electrons. The molecular weight excluding hydrogens is 485 g/mol. The van der Waals surface area contributed by atoms with Crippen LogP contribution in [0.2, 0.25) is 0 Å². The molecule has 0 saturated carbocycles. The van der Waals surface area contributed by atoms with E-state index in [1.165, 1.54) is 29.1 Å². The van der Waals surface area contributed by atoms with Crippen molar-refractivity contribution in [1.29, 1.82) is 0 Å². The first kappa shape index (κ1) is 24.1. The van der Waals surface area contributed by atoms with Crippen molar-refractivity contribution in [2.45, 2.75) is 62.2 Å². The van der Waals surface area contributed by atoms with Crippen LogP contribution in [0.5, 0.6) is 5.88 Å². The Bertz CT molecular complexity index is 1270. The molecule has 1 aromatic carbocycles. The number of nitrogens with two attached hydrogens (primary N) is 1. The van der Waals surface area contributed by atoms with Crippen LogP contribution in [0.3, 0.4) is 0 Å². The van der Waals surface area contributed by atoms with E-state index in [1.54, 1.807) is 0 Å². The van der Waals surface area contributed by atoms with Crippen molar-refractivity contribution in [1.82, 2.24) is 14.7 Å². The lowest BCUT2D eigenvalue weighted by atomic mass is 9.99. The highest BCUT2D eigenvalue weighted by Crippen LogP contribution is 2.39. The molecule has 2 atom stereocenters. The summed E-state index contributed by atoms with van der Waals surface area (Å²) in [6.45, 7) is -1.08. The zero-order chi connectivity index (χ0) is 25.0. The van der Waals surface area contributed by atoms with Gasteiger partial charge in [0.15, 0.2) is 9.92 Å². The van der Waals surface area contributed by atoms with Gasteiger partial charge in [-0.05, 0) is 67.8 Å². The van der Waals surface area contributed by atoms with Gasteiger partial charge in [0.1, 0.15) is 11.5 Å². The number of alkyl halides is 3. The van der Waals surface area contributed by atoms with E-state index in [0.29, 0.717) is 0 Å². The second-order valence-electron chi connectivity index (χ2n) is 9.32. The number of carbonyl (C=O) groups excluding carboxylic acids is 1. The molecule has 2 amide bonds. The maximum absolute atomic E-state index is 13.2. The third-order valence-corrected chi connectivity index (χ3v) is 8.19. The van der Waals surface area contributed by atoms with Crippen LogP contribution in [0.1, 0.15) is 35.1 Å². The highest BCUT2D eigenvalue weighted by molar-refractivity contribution is 7.91. The summed E-state index contributed by atoms with van der Waals surface area (Å²) in [5, 5.41) is 12.9. The summed E-state index contributed by atoms with van der Waals surface area (Å²) in [5.74, 6) is 0.0483. The Balaban J connectivity index is 1.37. The molecule has 0 bridgehead atoms. The molecule has 0 saturated heterocycles. The number of fused-ring (bicyclic) bond motifs is 3. The van der Waals surface area contributed by atoms with Crippen LogP contribution in [-0.2, 0) is 42.1 Å². The molecule has 9 nitrogen and oxygen atoms in total. The highest BCUT2D eigenvalue weighted by atomic mass is 32.2. The number of aromatic nitrogens is 2. The van der Waals surface area contributed by atoms with Crippen LogP contribution < -0.4 is 15.2 Å². The van der Waals surface area contributed by atoms with E-state index in [2.05, 4.69) is 20.8 Å². The van der Waals surface area contributed by atoms with Crippen molar-refractivity contribution >= 4 is 21.6 Å². The smallest absolute Gasteiger partial charge is 0.401 e. The summed E-state index contributed by atoms with van der Waals surface area (Å²) in [7, 11) is -2.36. The minimum atomic E-state index is -4.35. The maximum atomic E-state index is 13.2. The first-order valence-electron chi connectivity index (χ1n) is 11.5. The molecule has 1 aromatic heterocycles. The number of urea groups is 1. The quantitative estimate of drug-likeness (QED) is 0.654. The molecule has 190 valence electrons. The Kier molecular flexibility index (Phi) is 6.04. The van der Waals surface area contributed by atoms with Crippen molar-refractivity contribution in [2.75, 3.05) is 25.5 Å². The average Bonchev–Trinajstić information content (AvgIpc) is 3.50. The molecule has 13 heteroatoms. The van der Waals surface area contributed by atoms with E-state index in [1.807, 2.05) is 0 Å². The van der Waals surface area contributed by atoms with E-state index in [-0.39, 0.29) is 23.9 Å². The molecule has 3 aliphatic rings. The van der Waals surface area contributed by atoms with E-state index in [4.69, 9.17) is 9.88 Å². The summed E-state index contributed by atoms with van der Waals surface area (Å²) in [4.78, 5) is 13.9. The number of hydrogen-bond donors (Lipinski definition) is 2. The Morgan fingerprint density at radius 3 is 2.57 bits per heavy atom. The third kappa shape index (κ3) is 4.76. The predicted molar refractivity (Wildman–Crippen MR) is 123 cm³/mol. The van der Waals surface area contributed by atoms with Crippen LogP contribution in [0, 0.1) is 0 Å².